The van der Waals surface area contributed by atoms with Crippen molar-refractivity contribution in [2.45, 2.75) is 39.2 Å². The molecule has 0 spiro atoms. The van der Waals surface area contributed by atoms with Gasteiger partial charge in [0.1, 0.15) is 0 Å². The molecule has 3 atom stereocenters. The summed E-state index contributed by atoms with van der Waals surface area (Å²) in [5.74, 6) is 1.60. The minimum absolute atomic E-state index is 0.137. The summed E-state index contributed by atoms with van der Waals surface area (Å²) >= 11 is 3.40. The Kier molecular flexibility index (Phi) is 3.37. The lowest BCUT2D eigenvalue weighted by molar-refractivity contribution is -0.133. The molecular weight excluding hydrogens is 304 g/mol. The summed E-state index contributed by atoms with van der Waals surface area (Å²) in [5, 5.41) is 3.09. The van der Waals surface area contributed by atoms with Gasteiger partial charge in [-0.25, -0.2) is 0 Å². The van der Waals surface area contributed by atoms with Crippen LogP contribution >= 0.6 is 15.9 Å². The van der Waals surface area contributed by atoms with Gasteiger partial charge in [0.05, 0.1) is 0 Å². The highest BCUT2D eigenvalue weighted by molar-refractivity contribution is 9.10. The Morgan fingerprint density at radius 2 is 2.37 bits per heavy atom. The first kappa shape index (κ1) is 13.1. The molecule has 3 rings (SSSR count). The van der Waals surface area contributed by atoms with Crippen molar-refractivity contribution in [2.24, 2.45) is 17.3 Å². The Hall–Kier alpha value is -0.900. The standard InChI is InChI=1S/C15H19BrN2O/c1-15(6-10-2-3-12(15)4-10)14(19)18-8-11-5-13(16)9-17-7-11/h5,7,9-10,12H,2-4,6,8H2,1H3,(H,18,19). The number of amides is 1. The molecular formula is C15H19BrN2O. The van der Waals surface area contributed by atoms with E-state index < -0.39 is 0 Å². The Morgan fingerprint density at radius 3 is 3.00 bits per heavy atom. The number of hydrogen-bond acceptors (Lipinski definition) is 2. The van der Waals surface area contributed by atoms with Gasteiger partial charge in [-0.1, -0.05) is 13.3 Å². The Balaban J connectivity index is 1.63. The van der Waals surface area contributed by atoms with Crippen LogP contribution < -0.4 is 5.32 Å². The summed E-state index contributed by atoms with van der Waals surface area (Å²) in [4.78, 5) is 16.6. The molecule has 4 heteroatoms. The molecule has 2 aliphatic carbocycles. The third-order valence-corrected chi connectivity index (χ3v) is 5.32. The monoisotopic (exact) mass is 322 g/mol. The Bertz CT molecular complexity index is 505. The summed E-state index contributed by atoms with van der Waals surface area (Å²) in [6, 6.07) is 2.00. The lowest BCUT2D eigenvalue weighted by atomic mass is 9.74. The van der Waals surface area contributed by atoms with E-state index in [0.717, 1.165) is 22.4 Å². The zero-order chi connectivity index (χ0) is 13.5. The van der Waals surface area contributed by atoms with E-state index >= 15 is 0 Å². The molecule has 0 aliphatic heterocycles. The second-order valence-electron chi connectivity index (χ2n) is 6.19. The van der Waals surface area contributed by atoms with Crippen molar-refractivity contribution >= 4 is 21.8 Å². The molecule has 1 N–H and O–H groups in total. The molecule has 102 valence electrons. The fourth-order valence-electron chi connectivity index (χ4n) is 3.82. The molecule has 3 nitrogen and oxygen atoms in total. The predicted molar refractivity (Wildman–Crippen MR) is 77.3 cm³/mol. The minimum atomic E-state index is -0.137. The van der Waals surface area contributed by atoms with Gasteiger partial charge in [-0.05, 0) is 58.7 Å². The lowest BCUT2D eigenvalue weighted by Gasteiger charge is -2.32. The topological polar surface area (TPSA) is 42.0 Å². The molecule has 1 amide bonds. The first-order valence-electron chi connectivity index (χ1n) is 6.95. The Labute approximate surface area is 122 Å². The molecule has 1 aromatic heterocycles. The van der Waals surface area contributed by atoms with Crippen molar-refractivity contribution in [1.82, 2.24) is 10.3 Å². The first-order valence-corrected chi connectivity index (χ1v) is 7.75. The number of fused-ring (bicyclic) bond motifs is 2. The molecule has 0 radical (unpaired) electrons. The maximum Gasteiger partial charge on any atom is 0.226 e. The highest BCUT2D eigenvalue weighted by atomic mass is 79.9. The number of carbonyl (C=O) groups is 1. The van der Waals surface area contributed by atoms with Crippen LogP contribution in [-0.2, 0) is 11.3 Å². The van der Waals surface area contributed by atoms with Crippen LogP contribution in [0, 0.1) is 17.3 Å². The number of halogens is 1. The van der Waals surface area contributed by atoms with Gasteiger partial charge in [-0.2, -0.15) is 0 Å². The van der Waals surface area contributed by atoms with Gasteiger partial charge in [0.15, 0.2) is 0 Å². The maximum absolute atomic E-state index is 12.5. The van der Waals surface area contributed by atoms with Crippen molar-refractivity contribution in [3.05, 3.63) is 28.5 Å². The lowest BCUT2D eigenvalue weighted by Crippen LogP contribution is -2.42. The van der Waals surface area contributed by atoms with E-state index in [0.29, 0.717) is 12.5 Å². The van der Waals surface area contributed by atoms with Gasteiger partial charge >= 0.3 is 0 Å². The third kappa shape index (κ3) is 2.42. The van der Waals surface area contributed by atoms with Gasteiger partial charge in [-0.15, -0.1) is 0 Å². The van der Waals surface area contributed by atoms with Crippen LogP contribution in [0.25, 0.3) is 0 Å². The number of aromatic nitrogens is 1. The first-order chi connectivity index (χ1) is 9.08. The number of nitrogens with zero attached hydrogens (tertiary/aromatic N) is 1. The van der Waals surface area contributed by atoms with Gasteiger partial charge < -0.3 is 5.32 Å². The second-order valence-corrected chi connectivity index (χ2v) is 7.11. The van der Waals surface area contributed by atoms with Crippen LogP contribution in [0.1, 0.15) is 38.2 Å². The largest absolute Gasteiger partial charge is 0.351 e. The van der Waals surface area contributed by atoms with E-state index in [1.807, 2.05) is 6.07 Å². The number of rotatable bonds is 3. The van der Waals surface area contributed by atoms with E-state index in [1.54, 1.807) is 12.4 Å². The smallest absolute Gasteiger partial charge is 0.226 e. The van der Waals surface area contributed by atoms with Crippen molar-refractivity contribution in [3.63, 3.8) is 0 Å². The number of carbonyl (C=O) groups excluding carboxylic acids is 1. The van der Waals surface area contributed by atoms with Crippen LogP contribution in [0.5, 0.6) is 0 Å². The maximum atomic E-state index is 12.5. The van der Waals surface area contributed by atoms with E-state index in [4.69, 9.17) is 0 Å². The quantitative estimate of drug-likeness (QED) is 0.927. The average molecular weight is 323 g/mol. The highest BCUT2D eigenvalue weighted by Gasteiger charge is 2.52. The summed E-state index contributed by atoms with van der Waals surface area (Å²) in [5.41, 5.74) is 0.900. The molecule has 2 saturated carbocycles. The van der Waals surface area contributed by atoms with E-state index in [1.165, 1.54) is 19.3 Å². The normalized spacial score (nSPS) is 32.5. The second kappa shape index (κ2) is 4.89. The van der Waals surface area contributed by atoms with E-state index in [2.05, 4.69) is 33.2 Å². The van der Waals surface area contributed by atoms with E-state index in [9.17, 15) is 4.79 Å². The van der Waals surface area contributed by atoms with E-state index in [-0.39, 0.29) is 11.3 Å². The van der Waals surface area contributed by atoms with Crippen LogP contribution in [0.2, 0.25) is 0 Å². The van der Waals surface area contributed by atoms with Gasteiger partial charge in [0.2, 0.25) is 5.91 Å². The fraction of sp³-hybridized carbons (Fsp3) is 0.600. The number of hydrogen-bond donors (Lipinski definition) is 1. The summed E-state index contributed by atoms with van der Waals surface area (Å²) in [7, 11) is 0. The SMILES string of the molecule is CC1(C(=O)NCc2cncc(Br)c2)CC2CCC1C2. The molecule has 2 aliphatic rings. The minimum Gasteiger partial charge on any atom is -0.351 e. The van der Waals surface area contributed by atoms with Crippen LogP contribution in [-0.4, -0.2) is 10.9 Å². The number of pyridine rings is 1. The van der Waals surface area contributed by atoms with Crippen molar-refractivity contribution in [1.29, 1.82) is 0 Å². The van der Waals surface area contributed by atoms with Crippen molar-refractivity contribution < 1.29 is 4.79 Å². The Morgan fingerprint density at radius 1 is 1.53 bits per heavy atom. The fourth-order valence-corrected chi connectivity index (χ4v) is 4.23. The summed E-state index contributed by atoms with van der Waals surface area (Å²) < 4.78 is 0.949. The molecule has 3 unspecified atom stereocenters. The molecule has 1 heterocycles. The average Bonchev–Trinajstić information content (AvgIpc) is 2.96. The predicted octanol–water partition coefficient (Wildman–Crippen LogP) is 3.29. The molecule has 2 bridgehead atoms. The van der Waals surface area contributed by atoms with Gasteiger partial charge in [-0.3, -0.25) is 9.78 Å². The van der Waals surface area contributed by atoms with Gasteiger partial charge in [0, 0.05) is 28.8 Å². The van der Waals surface area contributed by atoms with Crippen molar-refractivity contribution in [3.8, 4) is 0 Å². The van der Waals surface area contributed by atoms with Crippen LogP contribution in [0.3, 0.4) is 0 Å². The van der Waals surface area contributed by atoms with Crippen LogP contribution in [0.15, 0.2) is 22.9 Å². The molecule has 19 heavy (non-hydrogen) atoms. The molecule has 0 aromatic carbocycles. The summed E-state index contributed by atoms with van der Waals surface area (Å²) in [6.45, 7) is 2.71. The zero-order valence-corrected chi connectivity index (χ0v) is 12.7. The van der Waals surface area contributed by atoms with Crippen LogP contribution in [0.4, 0.5) is 0 Å². The molecule has 0 saturated heterocycles. The zero-order valence-electron chi connectivity index (χ0n) is 11.2. The summed E-state index contributed by atoms with van der Waals surface area (Å²) in [6.07, 6.45) is 8.43. The molecule has 2 fully saturated rings. The van der Waals surface area contributed by atoms with Gasteiger partial charge in [0.25, 0.3) is 0 Å². The third-order valence-electron chi connectivity index (χ3n) is 4.89. The number of nitrogens with one attached hydrogen (secondary N) is 1. The molecule has 1 aromatic rings. The van der Waals surface area contributed by atoms with Crippen molar-refractivity contribution in [2.75, 3.05) is 0 Å². The highest BCUT2D eigenvalue weighted by Crippen LogP contribution is 2.55.